The summed E-state index contributed by atoms with van der Waals surface area (Å²) in [4.78, 5) is 0. The normalized spacial score (nSPS) is 44.6. The van der Waals surface area contributed by atoms with Crippen LogP contribution in [0.15, 0.2) is 24.3 Å². The molecule has 10 rings (SSSR count). The number of phenols is 1. The highest BCUT2D eigenvalue weighted by atomic mass is 16.5. The molecule has 8 aliphatic rings. The Morgan fingerprint density at radius 1 is 0.606 bits per heavy atom. The second-order valence-electron chi connectivity index (χ2n) is 13.6. The van der Waals surface area contributed by atoms with Gasteiger partial charge in [0.25, 0.3) is 0 Å². The number of phenolic OH excluding ortho intramolecular Hbond substituents is 1. The van der Waals surface area contributed by atoms with Gasteiger partial charge < -0.3 is 9.84 Å². The summed E-state index contributed by atoms with van der Waals surface area (Å²) in [7, 11) is 1.77. The Bertz CT molecular complexity index is 1020. The first-order valence-electron chi connectivity index (χ1n) is 13.9. The Labute approximate surface area is 198 Å². The summed E-state index contributed by atoms with van der Waals surface area (Å²) in [6, 6.07) is 8.98. The second-order valence-corrected chi connectivity index (χ2v) is 13.6. The molecule has 0 heterocycles. The predicted molar refractivity (Wildman–Crippen MR) is 132 cm³/mol. The zero-order chi connectivity index (χ0) is 21.9. The summed E-state index contributed by atoms with van der Waals surface area (Å²) in [6.45, 7) is 0. The van der Waals surface area contributed by atoms with Gasteiger partial charge in [-0.3, -0.25) is 0 Å². The molecule has 8 aliphatic carbocycles. The Morgan fingerprint density at radius 3 is 1.39 bits per heavy atom. The zero-order valence-electron chi connectivity index (χ0n) is 20.1. The van der Waals surface area contributed by atoms with E-state index in [9.17, 15) is 5.11 Å². The van der Waals surface area contributed by atoms with E-state index in [0.29, 0.717) is 16.6 Å². The van der Waals surface area contributed by atoms with Crippen LogP contribution in [-0.4, -0.2) is 12.2 Å². The van der Waals surface area contributed by atoms with Gasteiger partial charge in [-0.05, 0) is 152 Å². The fourth-order valence-electron chi connectivity index (χ4n) is 11.4. The third-order valence-corrected chi connectivity index (χ3v) is 11.5. The lowest BCUT2D eigenvalue weighted by Gasteiger charge is -2.59. The van der Waals surface area contributed by atoms with E-state index in [0.717, 1.165) is 46.6 Å². The van der Waals surface area contributed by atoms with Crippen molar-refractivity contribution < 1.29 is 9.84 Å². The maximum Gasteiger partial charge on any atom is 0.130 e. The van der Waals surface area contributed by atoms with E-state index < -0.39 is 0 Å². The van der Waals surface area contributed by atoms with Gasteiger partial charge in [0.2, 0.25) is 0 Å². The van der Waals surface area contributed by atoms with Crippen molar-refractivity contribution in [3.63, 3.8) is 0 Å². The van der Waals surface area contributed by atoms with Crippen molar-refractivity contribution in [2.75, 3.05) is 7.11 Å². The fourth-order valence-corrected chi connectivity index (χ4v) is 11.4. The Morgan fingerprint density at radius 2 is 1.00 bits per heavy atom. The monoisotopic (exact) mass is 442 g/mol. The minimum atomic E-state index is 0.324. The zero-order valence-corrected chi connectivity index (χ0v) is 20.1. The Kier molecular flexibility index (Phi) is 3.85. The minimum absolute atomic E-state index is 0.324. The molecule has 2 aromatic carbocycles. The quantitative estimate of drug-likeness (QED) is 0.533. The van der Waals surface area contributed by atoms with Crippen molar-refractivity contribution in [2.24, 2.45) is 35.5 Å². The summed E-state index contributed by atoms with van der Waals surface area (Å²) >= 11 is 0. The molecule has 33 heavy (non-hydrogen) atoms. The van der Waals surface area contributed by atoms with Gasteiger partial charge in [0, 0.05) is 0 Å². The largest absolute Gasteiger partial charge is 0.507 e. The number of hydrogen-bond acceptors (Lipinski definition) is 2. The molecule has 0 saturated heterocycles. The molecule has 1 N–H and O–H groups in total. The highest BCUT2D eigenvalue weighted by Crippen LogP contribution is 2.65. The van der Waals surface area contributed by atoms with Crippen LogP contribution in [0.2, 0.25) is 0 Å². The average Bonchev–Trinajstić information content (AvgIpc) is 2.76. The van der Waals surface area contributed by atoms with Gasteiger partial charge in [-0.25, -0.2) is 0 Å². The third-order valence-electron chi connectivity index (χ3n) is 11.5. The smallest absolute Gasteiger partial charge is 0.130 e. The molecular formula is C31H38O2. The summed E-state index contributed by atoms with van der Waals surface area (Å²) < 4.78 is 5.90. The molecule has 0 radical (unpaired) electrons. The van der Waals surface area contributed by atoms with E-state index in [1.807, 2.05) is 6.07 Å². The maximum atomic E-state index is 11.2. The number of rotatable bonds is 3. The number of hydrogen-bond donors (Lipinski definition) is 1. The van der Waals surface area contributed by atoms with Crippen molar-refractivity contribution in [1.82, 2.24) is 0 Å². The molecule has 0 spiro atoms. The molecule has 2 heteroatoms. The van der Waals surface area contributed by atoms with Crippen LogP contribution in [0.1, 0.15) is 88.2 Å². The van der Waals surface area contributed by atoms with E-state index >= 15 is 0 Å². The SMILES string of the molecule is COc1ccc(C23CC4CC(CC(C4)C2)C3)c2c(C34CC5CC(CC(C5)C3)C4)ccc(O)c12. The van der Waals surface area contributed by atoms with Gasteiger partial charge in [0.15, 0.2) is 0 Å². The molecule has 2 aromatic rings. The lowest BCUT2D eigenvalue weighted by atomic mass is 9.46. The van der Waals surface area contributed by atoms with Crippen molar-refractivity contribution in [3.8, 4) is 11.5 Å². The number of ether oxygens (including phenoxy) is 1. The van der Waals surface area contributed by atoms with Crippen molar-refractivity contribution in [2.45, 2.75) is 87.9 Å². The van der Waals surface area contributed by atoms with Crippen LogP contribution in [0.25, 0.3) is 10.8 Å². The summed E-state index contributed by atoms with van der Waals surface area (Å²) in [6.07, 6.45) is 17.1. The van der Waals surface area contributed by atoms with E-state index in [2.05, 4.69) is 18.2 Å². The van der Waals surface area contributed by atoms with Crippen LogP contribution in [0.3, 0.4) is 0 Å². The van der Waals surface area contributed by atoms with Crippen molar-refractivity contribution in [1.29, 1.82) is 0 Å². The van der Waals surface area contributed by atoms with Gasteiger partial charge >= 0.3 is 0 Å². The van der Waals surface area contributed by atoms with Crippen LogP contribution in [0.4, 0.5) is 0 Å². The van der Waals surface area contributed by atoms with Gasteiger partial charge in [-0.1, -0.05) is 12.1 Å². The molecule has 0 atom stereocenters. The summed E-state index contributed by atoms with van der Waals surface area (Å²) in [5, 5.41) is 13.6. The van der Waals surface area contributed by atoms with Gasteiger partial charge in [0.05, 0.1) is 12.5 Å². The highest BCUT2D eigenvalue weighted by Gasteiger charge is 2.55. The van der Waals surface area contributed by atoms with Crippen LogP contribution in [0.5, 0.6) is 11.5 Å². The molecule has 0 aromatic heterocycles. The lowest BCUT2D eigenvalue weighted by Crippen LogP contribution is -2.50. The van der Waals surface area contributed by atoms with Crippen LogP contribution in [-0.2, 0) is 10.8 Å². The molecule has 0 unspecified atom stereocenters. The van der Waals surface area contributed by atoms with Crippen LogP contribution >= 0.6 is 0 Å². The molecule has 174 valence electrons. The van der Waals surface area contributed by atoms with Gasteiger partial charge in [-0.2, -0.15) is 0 Å². The number of aromatic hydroxyl groups is 1. The highest BCUT2D eigenvalue weighted by molar-refractivity contribution is 5.99. The molecule has 0 amide bonds. The van der Waals surface area contributed by atoms with E-state index in [1.54, 1.807) is 18.2 Å². The van der Waals surface area contributed by atoms with Crippen molar-refractivity contribution in [3.05, 3.63) is 35.4 Å². The Hall–Kier alpha value is -1.70. The second kappa shape index (κ2) is 6.49. The minimum Gasteiger partial charge on any atom is -0.507 e. The first-order valence-corrected chi connectivity index (χ1v) is 13.9. The molecule has 8 fully saturated rings. The number of fused-ring (bicyclic) bond motifs is 1. The standard InChI is InChI=1S/C31H38O2/c1-33-27-5-3-25(31-15-21-9-22(16-31)11-23(10-21)17-31)28-24(2-4-26(32)29(27)28)30-12-18-6-19(13-30)8-20(7-18)14-30/h2-5,18-23,32H,6-17H2,1H3. The predicted octanol–water partition coefficient (Wildman–Crippen LogP) is 7.49. The first kappa shape index (κ1) is 19.6. The average molecular weight is 443 g/mol. The number of methoxy groups -OCH3 is 1. The van der Waals surface area contributed by atoms with Crippen LogP contribution in [0, 0.1) is 35.5 Å². The summed E-state index contributed by atoms with van der Waals surface area (Å²) in [5.41, 5.74) is 3.81. The third kappa shape index (κ3) is 2.62. The van der Waals surface area contributed by atoms with Crippen LogP contribution < -0.4 is 4.74 Å². The van der Waals surface area contributed by atoms with Crippen molar-refractivity contribution >= 4 is 10.8 Å². The molecule has 8 saturated carbocycles. The van der Waals surface area contributed by atoms with Gasteiger partial charge in [-0.15, -0.1) is 0 Å². The fraction of sp³-hybridized carbons (Fsp3) is 0.677. The van der Waals surface area contributed by atoms with E-state index in [4.69, 9.17) is 4.74 Å². The van der Waals surface area contributed by atoms with E-state index in [-0.39, 0.29) is 0 Å². The Balaban J connectivity index is 1.39. The molecular weight excluding hydrogens is 404 g/mol. The molecule has 0 aliphatic heterocycles. The lowest BCUT2D eigenvalue weighted by molar-refractivity contribution is -0.00680. The summed E-state index contributed by atoms with van der Waals surface area (Å²) in [5.74, 6) is 6.83. The topological polar surface area (TPSA) is 29.5 Å². The maximum absolute atomic E-state index is 11.2. The molecule has 2 nitrogen and oxygen atoms in total. The van der Waals surface area contributed by atoms with E-state index in [1.165, 1.54) is 82.4 Å². The number of benzene rings is 2. The molecule has 8 bridgehead atoms. The first-order chi connectivity index (χ1) is 16.0. The van der Waals surface area contributed by atoms with Gasteiger partial charge in [0.1, 0.15) is 11.5 Å².